The molecule has 2 heteroatoms. The molecule has 0 N–H and O–H groups in total. The molecule has 0 bridgehead atoms. The summed E-state index contributed by atoms with van der Waals surface area (Å²) in [5, 5.41) is 0. The third-order valence-electron chi connectivity index (χ3n) is 3.21. The second-order valence-electron chi connectivity index (χ2n) is 4.48. The highest BCUT2D eigenvalue weighted by atomic mass is 15.1. The van der Waals surface area contributed by atoms with Gasteiger partial charge in [0, 0.05) is 6.04 Å². The maximum atomic E-state index is 2.40. The van der Waals surface area contributed by atoms with Crippen LogP contribution in [0.4, 0.5) is 0 Å². The van der Waals surface area contributed by atoms with E-state index in [4.69, 9.17) is 0 Å². The third-order valence-corrected chi connectivity index (χ3v) is 3.21. The zero-order valence-corrected chi connectivity index (χ0v) is 13.4. The molecule has 2 rings (SSSR count). The Kier molecular flexibility index (Phi) is 15.8. The summed E-state index contributed by atoms with van der Waals surface area (Å²) in [4.78, 5) is 4.76. The predicted molar refractivity (Wildman–Crippen MR) is 80.8 cm³/mol. The van der Waals surface area contributed by atoms with E-state index in [1.807, 2.05) is 27.7 Å². The van der Waals surface area contributed by atoms with Crippen molar-refractivity contribution in [2.75, 3.05) is 33.7 Å². The van der Waals surface area contributed by atoms with Crippen LogP contribution in [0, 0.1) is 0 Å². The fourth-order valence-corrected chi connectivity index (χ4v) is 1.95. The molecule has 2 aliphatic rings. The lowest BCUT2D eigenvalue weighted by Crippen LogP contribution is -2.20. The van der Waals surface area contributed by atoms with Crippen LogP contribution in [0.25, 0.3) is 0 Å². The van der Waals surface area contributed by atoms with E-state index in [2.05, 4.69) is 30.8 Å². The Bertz CT molecular complexity index is 123. The van der Waals surface area contributed by atoms with Gasteiger partial charge in [-0.3, -0.25) is 0 Å². The van der Waals surface area contributed by atoms with Crippen LogP contribution in [-0.4, -0.2) is 49.6 Å². The second-order valence-corrected chi connectivity index (χ2v) is 4.48. The van der Waals surface area contributed by atoms with Gasteiger partial charge in [0.25, 0.3) is 0 Å². The molecule has 2 heterocycles. The van der Waals surface area contributed by atoms with E-state index < -0.39 is 0 Å². The second kappa shape index (κ2) is 14.0. The molecule has 2 aliphatic heterocycles. The minimum Gasteiger partial charge on any atom is -0.306 e. The molecule has 0 saturated carbocycles. The maximum absolute atomic E-state index is 2.40. The van der Waals surface area contributed by atoms with Gasteiger partial charge in [0.1, 0.15) is 0 Å². The summed E-state index contributed by atoms with van der Waals surface area (Å²) in [5.41, 5.74) is 0. The van der Waals surface area contributed by atoms with E-state index in [0.717, 1.165) is 6.04 Å². The summed E-state index contributed by atoms with van der Waals surface area (Å²) >= 11 is 0. The van der Waals surface area contributed by atoms with Crippen LogP contribution >= 0.6 is 0 Å². The van der Waals surface area contributed by atoms with Crippen molar-refractivity contribution in [3.8, 4) is 0 Å². The van der Waals surface area contributed by atoms with Gasteiger partial charge in [-0.25, -0.2) is 0 Å². The van der Waals surface area contributed by atoms with Crippen LogP contribution in [0.1, 0.15) is 60.3 Å². The standard InChI is InChI=1S/C6H13N.C5H11N.2C2H6/c1-6-4-3-5-7(6)2;1-6-4-2-3-5-6;2*1-2/h6H,3-5H2,1-2H3;2-5H2,1H3;2*1-2H3. The smallest absolute Gasteiger partial charge is 0.00643 e. The number of hydrogen-bond acceptors (Lipinski definition) is 2. The molecular formula is C15H36N2. The molecule has 0 aromatic rings. The van der Waals surface area contributed by atoms with Crippen LogP contribution in [0.5, 0.6) is 0 Å². The Hall–Kier alpha value is -0.0800. The Morgan fingerprint density at radius 3 is 1.35 bits per heavy atom. The minimum absolute atomic E-state index is 0.847. The normalized spacial score (nSPS) is 23.8. The highest BCUT2D eigenvalue weighted by Gasteiger charge is 2.14. The van der Waals surface area contributed by atoms with Crippen LogP contribution in [0.2, 0.25) is 0 Å². The number of likely N-dealkylation sites (tertiary alicyclic amines) is 2. The molecule has 2 saturated heterocycles. The summed E-state index contributed by atoms with van der Waals surface area (Å²) in [7, 11) is 4.37. The number of nitrogens with zero attached hydrogens (tertiary/aromatic N) is 2. The maximum Gasteiger partial charge on any atom is 0.00643 e. The third kappa shape index (κ3) is 10.8. The first-order valence-corrected chi connectivity index (χ1v) is 7.59. The van der Waals surface area contributed by atoms with Crippen molar-refractivity contribution in [1.82, 2.24) is 9.80 Å². The van der Waals surface area contributed by atoms with Gasteiger partial charge in [0.2, 0.25) is 0 Å². The van der Waals surface area contributed by atoms with Crippen molar-refractivity contribution < 1.29 is 0 Å². The first-order valence-electron chi connectivity index (χ1n) is 7.59. The van der Waals surface area contributed by atoms with Gasteiger partial charge in [-0.2, -0.15) is 0 Å². The summed E-state index contributed by atoms with van der Waals surface area (Å²) in [6, 6.07) is 0.847. The van der Waals surface area contributed by atoms with E-state index in [1.165, 1.54) is 45.3 Å². The fourth-order valence-electron chi connectivity index (χ4n) is 1.95. The van der Waals surface area contributed by atoms with Crippen molar-refractivity contribution in [1.29, 1.82) is 0 Å². The molecule has 17 heavy (non-hydrogen) atoms. The zero-order chi connectivity index (χ0) is 13.7. The van der Waals surface area contributed by atoms with Crippen molar-refractivity contribution in [3.05, 3.63) is 0 Å². The van der Waals surface area contributed by atoms with Crippen molar-refractivity contribution in [2.45, 2.75) is 66.3 Å². The predicted octanol–water partition coefficient (Wildman–Crippen LogP) is 3.86. The SMILES string of the molecule is CC.CC.CC1CCCN1C.CN1CCCC1. The molecular weight excluding hydrogens is 208 g/mol. The van der Waals surface area contributed by atoms with Gasteiger partial charge < -0.3 is 9.80 Å². The van der Waals surface area contributed by atoms with E-state index in [9.17, 15) is 0 Å². The Morgan fingerprint density at radius 1 is 0.765 bits per heavy atom. The zero-order valence-electron chi connectivity index (χ0n) is 13.4. The molecule has 0 aromatic heterocycles. The highest BCUT2D eigenvalue weighted by Crippen LogP contribution is 2.12. The Morgan fingerprint density at radius 2 is 1.24 bits per heavy atom. The molecule has 0 aromatic carbocycles. The van der Waals surface area contributed by atoms with Crippen molar-refractivity contribution >= 4 is 0 Å². The highest BCUT2D eigenvalue weighted by molar-refractivity contribution is 4.70. The lowest BCUT2D eigenvalue weighted by atomic mass is 10.3. The molecule has 0 amide bonds. The van der Waals surface area contributed by atoms with Gasteiger partial charge in [-0.05, 0) is 66.3 Å². The van der Waals surface area contributed by atoms with Crippen molar-refractivity contribution in [2.24, 2.45) is 0 Å². The summed E-state index contributed by atoms with van der Waals surface area (Å²) in [6.45, 7) is 14.2. The average molecular weight is 244 g/mol. The summed E-state index contributed by atoms with van der Waals surface area (Å²) in [5.74, 6) is 0. The van der Waals surface area contributed by atoms with Crippen LogP contribution in [0.3, 0.4) is 0 Å². The first kappa shape index (κ1) is 19.3. The largest absolute Gasteiger partial charge is 0.306 e. The van der Waals surface area contributed by atoms with Crippen LogP contribution in [0.15, 0.2) is 0 Å². The number of rotatable bonds is 0. The lowest BCUT2D eigenvalue weighted by molar-refractivity contribution is 0.331. The van der Waals surface area contributed by atoms with Gasteiger partial charge in [0.15, 0.2) is 0 Å². The van der Waals surface area contributed by atoms with Crippen molar-refractivity contribution in [3.63, 3.8) is 0 Å². The molecule has 0 radical (unpaired) electrons. The molecule has 1 unspecified atom stereocenters. The lowest BCUT2D eigenvalue weighted by Gasteiger charge is -2.12. The van der Waals surface area contributed by atoms with Gasteiger partial charge in [-0.15, -0.1) is 0 Å². The van der Waals surface area contributed by atoms with E-state index >= 15 is 0 Å². The van der Waals surface area contributed by atoms with Gasteiger partial charge in [-0.1, -0.05) is 27.7 Å². The average Bonchev–Trinajstić information content (AvgIpc) is 2.98. The summed E-state index contributed by atoms with van der Waals surface area (Å²) < 4.78 is 0. The molecule has 2 nitrogen and oxygen atoms in total. The van der Waals surface area contributed by atoms with E-state index in [1.54, 1.807) is 0 Å². The van der Waals surface area contributed by atoms with Gasteiger partial charge in [0.05, 0.1) is 0 Å². The number of hydrogen-bond donors (Lipinski definition) is 0. The van der Waals surface area contributed by atoms with Crippen LogP contribution in [-0.2, 0) is 0 Å². The Balaban J connectivity index is 0. The minimum atomic E-state index is 0.847. The Labute approximate surface area is 110 Å². The summed E-state index contributed by atoms with van der Waals surface area (Å²) in [6.07, 6.45) is 5.63. The molecule has 2 fully saturated rings. The monoisotopic (exact) mass is 244 g/mol. The van der Waals surface area contributed by atoms with E-state index in [-0.39, 0.29) is 0 Å². The van der Waals surface area contributed by atoms with Crippen LogP contribution < -0.4 is 0 Å². The fraction of sp³-hybridized carbons (Fsp3) is 1.00. The topological polar surface area (TPSA) is 6.48 Å². The molecule has 1 atom stereocenters. The van der Waals surface area contributed by atoms with E-state index in [0.29, 0.717) is 0 Å². The quantitative estimate of drug-likeness (QED) is 0.638. The first-order chi connectivity index (χ1) is 8.20. The van der Waals surface area contributed by atoms with Gasteiger partial charge >= 0.3 is 0 Å². The molecule has 106 valence electrons. The molecule has 0 aliphatic carbocycles. The molecule has 0 spiro atoms.